The second-order valence-electron chi connectivity index (χ2n) is 9.30. The first kappa shape index (κ1) is 22.6. The molecule has 30 heavy (non-hydrogen) atoms. The third-order valence-corrected chi connectivity index (χ3v) is 8.53. The first-order valence-electron chi connectivity index (χ1n) is 11.7. The molecule has 0 amide bonds. The van der Waals surface area contributed by atoms with Gasteiger partial charge in [-0.3, -0.25) is 9.89 Å². The normalized spacial score (nSPS) is 29.5. The first-order valence-corrected chi connectivity index (χ1v) is 12.6. The van der Waals surface area contributed by atoms with Crippen molar-refractivity contribution in [1.29, 1.82) is 0 Å². The van der Waals surface area contributed by atoms with Crippen molar-refractivity contribution in [1.82, 2.24) is 20.1 Å². The number of guanidine groups is 1. The SMILES string of the molecule is CN=C(NCCc1csc(N2CCCC2)n1)N1CCN(C2CC3CCC2C3)CC1.I. The maximum Gasteiger partial charge on any atom is 0.193 e. The van der Waals surface area contributed by atoms with Gasteiger partial charge in [-0.15, -0.1) is 35.3 Å². The van der Waals surface area contributed by atoms with Gasteiger partial charge in [-0.05, 0) is 43.9 Å². The summed E-state index contributed by atoms with van der Waals surface area (Å²) in [4.78, 5) is 17.1. The molecule has 6 nitrogen and oxygen atoms in total. The number of hydrogen-bond acceptors (Lipinski definition) is 5. The number of nitrogens with zero attached hydrogens (tertiary/aromatic N) is 5. The Kier molecular flexibility index (Phi) is 7.78. The number of halogens is 1. The molecule has 0 spiro atoms. The van der Waals surface area contributed by atoms with Crippen molar-refractivity contribution in [2.75, 3.05) is 57.8 Å². The van der Waals surface area contributed by atoms with Gasteiger partial charge in [0.25, 0.3) is 0 Å². The predicted octanol–water partition coefficient (Wildman–Crippen LogP) is 3.29. The van der Waals surface area contributed by atoms with E-state index in [0.717, 1.165) is 49.9 Å². The lowest BCUT2D eigenvalue weighted by atomic mass is 9.93. The monoisotopic (exact) mass is 544 g/mol. The Hall–Kier alpha value is -0.610. The molecule has 4 fully saturated rings. The fraction of sp³-hybridized carbons (Fsp3) is 0.818. The summed E-state index contributed by atoms with van der Waals surface area (Å²) in [6, 6.07) is 0.875. The molecule has 3 atom stereocenters. The van der Waals surface area contributed by atoms with E-state index < -0.39 is 0 Å². The van der Waals surface area contributed by atoms with Crippen LogP contribution >= 0.6 is 35.3 Å². The van der Waals surface area contributed by atoms with E-state index in [-0.39, 0.29) is 24.0 Å². The second kappa shape index (κ2) is 10.3. The van der Waals surface area contributed by atoms with Crippen LogP contribution in [0.3, 0.4) is 0 Å². The largest absolute Gasteiger partial charge is 0.356 e. The maximum absolute atomic E-state index is 4.84. The van der Waals surface area contributed by atoms with Gasteiger partial charge in [0.2, 0.25) is 0 Å². The molecule has 2 saturated heterocycles. The van der Waals surface area contributed by atoms with Crippen LogP contribution in [0.4, 0.5) is 5.13 Å². The van der Waals surface area contributed by atoms with Crippen LogP contribution < -0.4 is 10.2 Å². The second-order valence-corrected chi connectivity index (χ2v) is 10.1. The molecule has 1 aromatic heterocycles. The number of nitrogens with one attached hydrogen (secondary N) is 1. The summed E-state index contributed by atoms with van der Waals surface area (Å²) >= 11 is 1.80. The van der Waals surface area contributed by atoms with Crippen LogP contribution in [0.2, 0.25) is 0 Å². The summed E-state index contributed by atoms with van der Waals surface area (Å²) < 4.78 is 0. The Balaban J connectivity index is 0.00000218. The summed E-state index contributed by atoms with van der Waals surface area (Å²) in [5.41, 5.74) is 1.21. The van der Waals surface area contributed by atoms with E-state index in [2.05, 4.69) is 30.4 Å². The van der Waals surface area contributed by atoms with Gasteiger partial charge < -0.3 is 15.1 Å². The molecule has 5 rings (SSSR count). The van der Waals surface area contributed by atoms with E-state index in [0.29, 0.717) is 0 Å². The molecule has 168 valence electrons. The van der Waals surface area contributed by atoms with Crippen LogP contribution in [0.1, 0.15) is 44.2 Å². The lowest BCUT2D eigenvalue weighted by molar-refractivity contribution is 0.0959. The fourth-order valence-corrected chi connectivity index (χ4v) is 6.94. The number of fused-ring (bicyclic) bond motifs is 2. The third kappa shape index (κ3) is 4.90. The lowest BCUT2D eigenvalue weighted by Crippen LogP contribution is -2.55. The number of aromatic nitrogens is 1. The van der Waals surface area contributed by atoms with Crippen molar-refractivity contribution in [3.05, 3.63) is 11.1 Å². The molecule has 3 heterocycles. The fourth-order valence-electron chi connectivity index (χ4n) is 6.02. The highest BCUT2D eigenvalue weighted by Gasteiger charge is 2.42. The Morgan fingerprint density at radius 2 is 1.93 bits per heavy atom. The molecule has 2 bridgehead atoms. The van der Waals surface area contributed by atoms with Gasteiger partial charge in [0.1, 0.15) is 0 Å². The average molecular weight is 545 g/mol. The molecular formula is C22H37IN6S. The van der Waals surface area contributed by atoms with E-state index in [1.165, 1.54) is 75.5 Å². The summed E-state index contributed by atoms with van der Waals surface area (Å²) in [6.07, 6.45) is 9.53. The molecule has 3 unspecified atom stereocenters. The van der Waals surface area contributed by atoms with Crippen LogP contribution in [0, 0.1) is 11.8 Å². The van der Waals surface area contributed by atoms with Crippen LogP contribution in [-0.4, -0.2) is 79.6 Å². The van der Waals surface area contributed by atoms with Crippen molar-refractivity contribution < 1.29 is 0 Å². The van der Waals surface area contributed by atoms with Crippen LogP contribution in [0.25, 0.3) is 0 Å². The number of hydrogen-bond donors (Lipinski definition) is 1. The quantitative estimate of drug-likeness (QED) is 0.351. The van der Waals surface area contributed by atoms with Crippen LogP contribution in [-0.2, 0) is 6.42 Å². The highest BCUT2D eigenvalue weighted by atomic mass is 127. The lowest BCUT2D eigenvalue weighted by Gasteiger charge is -2.41. The van der Waals surface area contributed by atoms with Gasteiger partial charge in [0, 0.05) is 70.7 Å². The molecule has 2 aliphatic heterocycles. The number of anilines is 1. The van der Waals surface area contributed by atoms with Gasteiger partial charge in [-0.1, -0.05) is 6.42 Å². The first-order chi connectivity index (χ1) is 14.3. The molecule has 1 aromatic rings. The standard InChI is InChI=1S/C22H36N6S.HI/c1-23-21(24-7-6-19-16-29-22(25-19)28-8-2-3-9-28)27-12-10-26(11-13-27)20-15-17-4-5-18(20)14-17;/h16-18,20H,2-15H2,1H3,(H,23,24);1H. The van der Waals surface area contributed by atoms with Gasteiger partial charge in [0.05, 0.1) is 5.69 Å². The topological polar surface area (TPSA) is 47.0 Å². The smallest absolute Gasteiger partial charge is 0.193 e. The predicted molar refractivity (Wildman–Crippen MR) is 136 cm³/mol. The highest BCUT2D eigenvalue weighted by molar-refractivity contribution is 14.0. The van der Waals surface area contributed by atoms with Crippen molar-refractivity contribution in [2.45, 2.75) is 51.0 Å². The zero-order valence-corrected chi connectivity index (χ0v) is 21.4. The van der Waals surface area contributed by atoms with E-state index in [1.54, 1.807) is 11.3 Å². The maximum atomic E-state index is 4.84. The summed E-state index contributed by atoms with van der Waals surface area (Å²) in [5.74, 6) is 3.09. The molecule has 8 heteroatoms. The van der Waals surface area contributed by atoms with E-state index >= 15 is 0 Å². The molecule has 0 aromatic carbocycles. The van der Waals surface area contributed by atoms with Crippen LogP contribution in [0.15, 0.2) is 10.4 Å². The Morgan fingerprint density at radius 1 is 1.13 bits per heavy atom. The third-order valence-electron chi connectivity index (χ3n) is 7.58. The Labute approximate surface area is 202 Å². The Bertz CT molecular complexity index is 710. The zero-order valence-electron chi connectivity index (χ0n) is 18.3. The molecule has 2 saturated carbocycles. The van der Waals surface area contributed by atoms with E-state index in [1.807, 2.05) is 7.05 Å². The average Bonchev–Trinajstić information content (AvgIpc) is 3.55. The number of rotatable bonds is 5. The molecule has 1 N–H and O–H groups in total. The summed E-state index contributed by atoms with van der Waals surface area (Å²) in [6.45, 7) is 7.84. The molecule has 2 aliphatic carbocycles. The van der Waals surface area contributed by atoms with Crippen molar-refractivity contribution >= 4 is 46.4 Å². The summed E-state index contributed by atoms with van der Waals surface area (Å²) in [7, 11) is 1.92. The number of aliphatic imine (C=N–C) groups is 1. The summed E-state index contributed by atoms with van der Waals surface area (Å²) in [5, 5.41) is 7.02. The molecule has 0 radical (unpaired) electrons. The molecule has 4 aliphatic rings. The minimum absolute atomic E-state index is 0. The van der Waals surface area contributed by atoms with Gasteiger partial charge in [-0.2, -0.15) is 0 Å². The van der Waals surface area contributed by atoms with E-state index in [9.17, 15) is 0 Å². The van der Waals surface area contributed by atoms with Crippen molar-refractivity contribution in [3.8, 4) is 0 Å². The number of piperazine rings is 1. The minimum atomic E-state index is 0. The van der Waals surface area contributed by atoms with Crippen molar-refractivity contribution in [3.63, 3.8) is 0 Å². The number of thiazole rings is 1. The van der Waals surface area contributed by atoms with Gasteiger partial charge >= 0.3 is 0 Å². The van der Waals surface area contributed by atoms with Crippen molar-refractivity contribution in [2.24, 2.45) is 16.8 Å². The van der Waals surface area contributed by atoms with Crippen LogP contribution in [0.5, 0.6) is 0 Å². The zero-order chi connectivity index (χ0) is 19.6. The highest BCUT2D eigenvalue weighted by Crippen LogP contribution is 2.46. The van der Waals surface area contributed by atoms with E-state index in [4.69, 9.17) is 4.98 Å². The van der Waals surface area contributed by atoms with Gasteiger partial charge in [-0.25, -0.2) is 4.98 Å². The Morgan fingerprint density at radius 3 is 2.60 bits per heavy atom. The molecular weight excluding hydrogens is 507 g/mol. The minimum Gasteiger partial charge on any atom is -0.356 e. The van der Waals surface area contributed by atoms with Gasteiger partial charge in [0.15, 0.2) is 11.1 Å².